The average molecular weight is 314 g/mol. The first-order valence-corrected chi connectivity index (χ1v) is 7.33. The van der Waals surface area contributed by atoms with Crippen molar-refractivity contribution in [3.05, 3.63) is 70.0 Å². The number of rotatable bonds is 4. The molecular weight excluding hydrogens is 299 g/mol. The van der Waals surface area contributed by atoms with Gasteiger partial charge in [0.1, 0.15) is 5.82 Å². The fraction of sp³-hybridized carbons (Fsp3) is 0.235. The Morgan fingerprint density at radius 3 is 2.39 bits per heavy atom. The molecule has 0 saturated heterocycles. The van der Waals surface area contributed by atoms with Crippen molar-refractivity contribution >= 4 is 17.3 Å². The zero-order valence-corrected chi connectivity index (χ0v) is 12.3. The van der Waals surface area contributed by atoms with Gasteiger partial charge in [-0.05, 0) is 42.7 Å². The Morgan fingerprint density at radius 1 is 1.17 bits per heavy atom. The number of nitro benzene ring substituents is 1. The minimum absolute atomic E-state index is 0.0357. The van der Waals surface area contributed by atoms with Gasteiger partial charge in [-0.2, -0.15) is 0 Å². The van der Waals surface area contributed by atoms with Crippen LogP contribution in [-0.2, 0) is 10.2 Å². The quantitative estimate of drug-likeness (QED) is 0.689. The number of nitrogens with zero attached hydrogens (tertiary/aromatic N) is 1. The van der Waals surface area contributed by atoms with Gasteiger partial charge in [-0.15, -0.1) is 0 Å². The molecule has 0 bridgehead atoms. The Balaban J connectivity index is 1.82. The molecule has 0 aliphatic heterocycles. The van der Waals surface area contributed by atoms with Gasteiger partial charge in [0.05, 0.1) is 10.3 Å². The Kier molecular flexibility index (Phi) is 3.82. The molecule has 0 radical (unpaired) electrons. The normalized spacial score (nSPS) is 15.5. The second kappa shape index (κ2) is 5.79. The summed E-state index contributed by atoms with van der Waals surface area (Å²) in [5.41, 5.74) is 0.405. The van der Waals surface area contributed by atoms with E-state index in [0.29, 0.717) is 24.1 Å². The molecule has 0 aromatic heterocycles. The molecule has 6 heteroatoms. The van der Waals surface area contributed by atoms with Crippen LogP contribution in [0.1, 0.15) is 24.8 Å². The van der Waals surface area contributed by atoms with E-state index in [1.807, 2.05) is 0 Å². The van der Waals surface area contributed by atoms with Crippen molar-refractivity contribution in [1.82, 2.24) is 0 Å². The van der Waals surface area contributed by atoms with Crippen LogP contribution in [0.25, 0.3) is 0 Å². The molecule has 118 valence electrons. The molecule has 23 heavy (non-hydrogen) atoms. The first-order valence-electron chi connectivity index (χ1n) is 7.33. The second-order valence-electron chi connectivity index (χ2n) is 5.70. The monoisotopic (exact) mass is 314 g/mol. The third-order valence-corrected chi connectivity index (χ3v) is 4.35. The number of non-ortho nitro benzene ring substituents is 1. The van der Waals surface area contributed by atoms with Crippen molar-refractivity contribution in [3.8, 4) is 0 Å². The van der Waals surface area contributed by atoms with Gasteiger partial charge >= 0.3 is 0 Å². The molecule has 2 aromatic rings. The minimum atomic E-state index is -0.718. The molecule has 3 rings (SSSR count). The van der Waals surface area contributed by atoms with Crippen LogP contribution in [0.15, 0.2) is 48.5 Å². The second-order valence-corrected chi connectivity index (χ2v) is 5.70. The summed E-state index contributed by atoms with van der Waals surface area (Å²) in [6.07, 6.45) is 2.23. The molecular formula is C17H15FN2O3. The number of amides is 1. The summed E-state index contributed by atoms with van der Waals surface area (Å²) in [5.74, 6) is -0.569. The predicted octanol–water partition coefficient (Wildman–Crippen LogP) is 3.79. The molecule has 1 fully saturated rings. The van der Waals surface area contributed by atoms with Crippen LogP contribution in [0, 0.1) is 15.9 Å². The number of nitrogens with one attached hydrogen (secondary N) is 1. The molecule has 0 spiro atoms. The molecule has 5 nitrogen and oxygen atoms in total. The summed E-state index contributed by atoms with van der Waals surface area (Å²) in [7, 11) is 0. The molecule has 0 heterocycles. The summed E-state index contributed by atoms with van der Waals surface area (Å²) < 4.78 is 13.5. The smallest absolute Gasteiger partial charge is 0.269 e. The molecule has 0 unspecified atom stereocenters. The number of hydrogen-bond acceptors (Lipinski definition) is 3. The van der Waals surface area contributed by atoms with Gasteiger partial charge in [-0.25, -0.2) is 4.39 Å². The molecule has 1 amide bonds. The van der Waals surface area contributed by atoms with E-state index < -0.39 is 10.3 Å². The number of carbonyl (C=O) groups excluding carboxylic acids is 1. The number of anilines is 1. The van der Waals surface area contributed by atoms with Gasteiger partial charge in [-0.3, -0.25) is 14.9 Å². The standard InChI is InChI=1S/C17H15FN2O3/c18-13-4-1-3-12(11-13)17(9-2-10-17)16(21)19-14-5-7-15(8-6-14)20(22)23/h1,3-8,11H,2,9-10H2,(H,19,21). The highest BCUT2D eigenvalue weighted by molar-refractivity contribution is 6.00. The zero-order chi connectivity index (χ0) is 16.4. The van der Waals surface area contributed by atoms with E-state index in [1.54, 1.807) is 12.1 Å². The van der Waals surface area contributed by atoms with E-state index in [0.717, 1.165) is 6.42 Å². The van der Waals surface area contributed by atoms with Crippen molar-refractivity contribution in [2.45, 2.75) is 24.7 Å². The van der Waals surface area contributed by atoms with Crippen LogP contribution in [0.2, 0.25) is 0 Å². The highest BCUT2D eigenvalue weighted by atomic mass is 19.1. The fourth-order valence-electron chi connectivity index (χ4n) is 2.88. The van der Waals surface area contributed by atoms with Gasteiger partial charge in [-0.1, -0.05) is 18.6 Å². The summed E-state index contributed by atoms with van der Waals surface area (Å²) in [4.78, 5) is 22.8. The number of benzene rings is 2. The molecule has 2 aromatic carbocycles. The van der Waals surface area contributed by atoms with Crippen molar-refractivity contribution in [2.75, 3.05) is 5.32 Å². The molecule has 1 aliphatic carbocycles. The number of halogens is 1. The number of hydrogen-bond donors (Lipinski definition) is 1. The third-order valence-electron chi connectivity index (χ3n) is 4.35. The lowest BCUT2D eigenvalue weighted by atomic mass is 9.63. The maximum Gasteiger partial charge on any atom is 0.269 e. The van der Waals surface area contributed by atoms with Gasteiger partial charge in [0.2, 0.25) is 5.91 Å². The van der Waals surface area contributed by atoms with Crippen molar-refractivity contribution < 1.29 is 14.1 Å². The van der Waals surface area contributed by atoms with Gasteiger partial charge in [0.15, 0.2) is 0 Å². The van der Waals surface area contributed by atoms with Crippen molar-refractivity contribution in [2.24, 2.45) is 0 Å². The summed E-state index contributed by atoms with van der Waals surface area (Å²) in [6, 6.07) is 11.8. The Morgan fingerprint density at radius 2 is 1.87 bits per heavy atom. The van der Waals surface area contributed by atoms with E-state index in [2.05, 4.69) is 5.32 Å². The van der Waals surface area contributed by atoms with E-state index in [9.17, 15) is 19.3 Å². The molecule has 1 N–H and O–H groups in total. The summed E-state index contributed by atoms with van der Waals surface area (Å²) in [6.45, 7) is 0. The van der Waals surface area contributed by atoms with Crippen LogP contribution in [-0.4, -0.2) is 10.8 Å². The lowest BCUT2D eigenvalue weighted by Gasteiger charge is -2.40. The lowest BCUT2D eigenvalue weighted by molar-refractivity contribution is -0.384. The van der Waals surface area contributed by atoms with E-state index in [-0.39, 0.29) is 17.4 Å². The SMILES string of the molecule is O=C(Nc1ccc([N+](=O)[O-])cc1)C1(c2cccc(F)c2)CCC1. The predicted molar refractivity (Wildman–Crippen MR) is 83.7 cm³/mol. The van der Waals surface area contributed by atoms with Crippen LogP contribution >= 0.6 is 0 Å². The van der Waals surface area contributed by atoms with E-state index >= 15 is 0 Å². The number of nitro groups is 1. The summed E-state index contributed by atoms with van der Waals surface area (Å²) >= 11 is 0. The van der Waals surface area contributed by atoms with Crippen molar-refractivity contribution in [3.63, 3.8) is 0 Å². The molecule has 0 atom stereocenters. The van der Waals surface area contributed by atoms with Crippen LogP contribution in [0.5, 0.6) is 0 Å². The zero-order valence-electron chi connectivity index (χ0n) is 12.3. The van der Waals surface area contributed by atoms with Crippen LogP contribution in [0.3, 0.4) is 0 Å². The van der Waals surface area contributed by atoms with Crippen LogP contribution in [0.4, 0.5) is 15.8 Å². The van der Waals surface area contributed by atoms with E-state index in [4.69, 9.17) is 0 Å². The van der Waals surface area contributed by atoms with Crippen LogP contribution < -0.4 is 5.32 Å². The van der Waals surface area contributed by atoms with Gasteiger partial charge in [0.25, 0.3) is 5.69 Å². The van der Waals surface area contributed by atoms with E-state index in [1.165, 1.54) is 36.4 Å². The summed E-state index contributed by atoms with van der Waals surface area (Å²) in [5, 5.41) is 13.4. The molecule has 1 aliphatic rings. The number of carbonyl (C=O) groups is 1. The maximum atomic E-state index is 13.5. The third kappa shape index (κ3) is 2.79. The van der Waals surface area contributed by atoms with Crippen molar-refractivity contribution in [1.29, 1.82) is 0 Å². The Hall–Kier alpha value is -2.76. The Bertz CT molecular complexity index is 755. The van der Waals surface area contributed by atoms with Gasteiger partial charge in [0, 0.05) is 17.8 Å². The lowest BCUT2D eigenvalue weighted by Crippen LogP contribution is -2.46. The minimum Gasteiger partial charge on any atom is -0.325 e. The first kappa shape index (κ1) is 15.1. The largest absolute Gasteiger partial charge is 0.325 e. The van der Waals surface area contributed by atoms with Gasteiger partial charge < -0.3 is 5.32 Å². The average Bonchev–Trinajstić information content (AvgIpc) is 2.46. The maximum absolute atomic E-state index is 13.5. The Labute approximate surface area is 132 Å². The highest BCUT2D eigenvalue weighted by Gasteiger charge is 2.45. The fourth-order valence-corrected chi connectivity index (χ4v) is 2.88. The molecule has 1 saturated carbocycles. The highest BCUT2D eigenvalue weighted by Crippen LogP contribution is 2.44. The first-order chi connectivity index (χ1) is 11.0. The topological polar surface area (TPSA) is 72.2 Å².